The molecule has 1 N–H and O–H groups in total. The molecule has 1 unspecified atom stereocenters. The minimum Gasteiger partial charge on any atom is -0.388 e. The van der Waals surface area contributed by atoms with Gasteiger partial charge >= 0.3 is 5.69 Å². The molecule has 0 fully saturated rings. The molecule has 0 spiro atoms. The molecule has 1 aromatic heterocycles. The van der Waals surface area contributed by atoms with Crippen LogP contribution < -0.4 is 4.90 Å². The Morgan fingerprint density at radius 2 is 2.39 bits per heavy atom. The zero-order valence-corrected chi connectivity index (χ0v) is 11.4. The van der Waals surface area contributed by atoms with E-state index in [1.165, 1.54) is 17.4 Å². The molecule has 18 heavy (non-hydrogen) atoms. The summed E-state index contributed by atoms with van der Waals surface area (Å²) in [6, 6.07) is 1.45. The molecular weight excluding hydrogens is 252 g/mol. The third kappa shape index (κ3) is 3.54. The van der Waals surface area contributed by atoms with Gasteiger partial charge < -0.3 is 10.0 Å². The summed E-state index contributed by atoms with van der Waals surface area (Å²) in [6.45, 7) is 5.98. The number of thiophene rings is 1. The highest BCUT2D eigenvalue weighted by Crippen LogP contribution is 2.39. The Bertz CT molecular complexity index is 429. The van der Waals surface area contributed by atoms with Gasteiger partial charge in [0.1, 0.15) is 0 Å². The lowest BCUT2D eigenvalue weighted by molar-refractivity contribution is -0.383. The summed E-state index contributed by atoms with van der Waals surface area (Å²) in [4.78, 5) is 13.1. The van der Waals surface area contributed by atoms with Crippen LogP contribution in [0.1, 0.15) is 30.7 Å². The lowest BCUT2D eigenvalue weighted by atomic mass is 10.3. The number of hydrogen-bond acceptors (Lipinski definition) is 5. The van der Waals surface area contributed by atoms with Crippen LogP contribution in [-0.4, -0.2) is 23.6 Å². The van der Waals surface area contributed by atoms with Crippen LogP contribution in [0.2, 0.25) is 0 Å². The fourth-order valence-corrected chi connectivity index (χ4v) is 2.62. The van der Waals surface area contributed by atoms with Gasteiger partial charge in [0.2, 0.25) is 0 Å². The molecule has 1 rings (SSSR count). The Balaban J connectivity index is 2.91. The van der Waals surface area contributed by atoms with E-state index >= 15 is 0 Å². The van der Waals surface area contributed by atoms with Gasteiger partial charge in [0.25, 0.3) is 0 Å². The van der Waals surface area contributed by atoms with Crippen molar-refractivity contribution in [1.82, 2.24) is 0 Å². The van der Waals surface area contributed by atoms with Crippen molar-refractivity contribution in [2.24, 2.45) is 0 Å². The first kappa shape index (κ1) is 14.7. The van der Waals surface area contributed by atoms with Gasteiger partial charge in [-0.2, -0.15) is 0 Å². The van der Waals surface area contributed by atoms with Crippen LogP contribution in [0.15, 0.2) is 18.7 Å². The lowest BCUT2D eigenvalue weighted by Gasteiger charge is -2.15. The number of anilines is 1. The Morgan fingerprint density at radius 1 is 1.72 bits per heavy atom. The quantitative estimate of drug-likeness (QED) is 0.358. The Hall–Kier alpha value is -1.40. The predicted molar refractivity (Wildman–Crippen MR) is 74.3 cm³/mol. The van der Waals surface area contributed by atoms with Crippen molar-refractivity contribution < 1.29 is 10.0 Å². The van der Waals surface area contributed by atoms with Gasteiger partial charge in [0, 0.05) is 24.5 Å². The topological polar surface area (TPSA) is 66.6 Å². The van der Waals surface area contributed by atoms with Gasteiger partial charge in [-0.3, -0.25) is 10.1 Å². The molecule has 6 heteroatoms. The number of aliphatic hydroxyl groups excluding tert-OH is 1. The molecule has 1 heterocycles. The molecule has 1 atom stereocenters. The summed E-state index contributed by atoms with van der Waals surface area (Å²) in [5.74, 6) is 0. The third-order valence-corrected chi connectivity index (χ3v) is 3.98. The highest BCUT2D eigenvalue weighted by molar-refractivity contribution is 7.16. The van der Waals surface area contributed by atoms with E-state index < -0.39 is 11.0 Å². The molecule has 0 saturated carbocycles. The maximum Gasteiger partial charge on any atom is 0.304 e. The first-order chi connectivity index (χ1) is 8.47. The number of allylic oxidation sites excluding steroid dienone is 1. The van der Waals surface area contributed by atoms with E-state index in [0.29, 0.717) is 9.88 Å². The van der Waals surface area contributed by atoms with E-state index in [-0.39, 0.29) is 5.69 Å². The summed E-state index contributed by atoms with van der Waals surface area (Å²) in [5, 5.41) is 21.1. The molecule has 0 amide bonds. The third-order valence-electron chi connectivity index (χ3n) is 2.57. The molecule has 0 aliphatic heterocycles. The average Bonchev–Trinajstić information content (AvgIpc) is 2.74. The number of hydrogen-bond donors (Lipinski definition) is 1. The molecule has 5 nitrogen and oxygen atoms in total. The van der Waals surface area contributed by atoms with E-state index in [9.17, 15) is 15.2 Å². The number of rotatable bonds is 7. The normalized spacial score (nSPS) is 12.2. The van der Waals surface area contributed by atoms with Crippen molar-refractivity contribution in [3.8, 4) is 0 Å². The van der Waals surface area contributed by atoms with Gasteiger partial charge in [0.15, 0.2) is 5.00 Å². The Morgan fingerprint density at radius 3 is 2.89 bits per heavy atom. The first-order valence-corrected chi connectivity index (χ1v) is 6.57. The number of unbranched alkanes of at least 4 members (excludes halogenated alkanes) is 1. The van der Waals surface area contributed by atoms with E-state index in [1.807, 2.05) is 18.0 Å². The van der Waals surface area contributed by atoms with Crippen molar-refractivity contribution in [3.63, 3.8) is 0 Å². The van der Waals surface area contributed by atoms with Gasteiger partial charge in [-0.05, 0) is 19.8 Å². The number of nitrogens with zero attached hydrogens (tertiary/aromatic N) is 2. The SMILES string of the molecule is C=CCCCN(C)c1sc(C(C)O)cc1[N+](=O)[O-]. The van der Waals surface area contributed by atoms with Crippen molar-refractivity contribution in [1.29, 1.82) is 0 Å². The number of nitro groups is 1. The van der Waals surface area contributed by atoms with Crippen LogP contribution in [0.25, 0.3) is 0 Å². The molecule has 0 radical (unpaired) electrons. The lowest BCUT2D eigenvalue weighted by Crippen LogP contribution is -2.17. The van der Waals surface area contributed by atoms with Crippen molar-refractivity contribution >= 4 is 22.0 Å². The second kappa shape index (κ2) is 6.51. The molecule has 0 bridgehead atoms. The maximum absolute atomic E-state index is 11.0. The Kier molecular flexibility index (Phi) is 5.30. The van der Waals surface area contributed by atoms with Crippen LogP contribution in [0, 0.1) is 10.1 Å². The fraction of sp³-hybridized carbons (Fsp3) is 0.500. The highest BCUT2D eigenvalue weighted by atomic mass is 32.1. The van der Waals surface area contributed by atoms with Crippen LogP contribution >= 0.6 is 11.3 Å². The van der Waals surface area contributed by atoms with Crippen molar-refractivity contribution in [2.45, 2.75) is 25.9 Å². The van der Waals surface area contributed by atoms with Crippen LogP contribution in [0.4, 0.5) is 10.7 Å². The fourth-order valence-electron chi connectivity index (χ4n) is 1.57. The molecular formula is C12H18N2O3S. The minimum atomic E-state index is -0.677. The first-order valence-electron chi connectivity index (χ1n) is 5.75. The molecule has 0 saturated heterocycles. The summed E-state index contributed by atoms with van der Waals surface area (Å²) < 4.78 is 0. The van der Waals surface area contributed by atoms with E-state index in [0.717, 1.165) is 19.4 Å². The van der Waals surface area contributed by atoms with E-state index in [4.69, 9.17) is 0 Å². The molecule has 100 valence electrons. The van der Waals surface area contributed by atoms with Crippen molar-refractivity contribution in [3.05, 3.63) is 33.7 Å². The van der Waals surface area contributed by atoms with E-state index in [2.05, 4.69) is 6.58 Å². The number of aliphatic hydroxyl groups is 1. The predicted octanol–water partition coefficient (Wildman–Crippen LogP) is 3.11. The summed E-state index contributed by atoms with van der Waals surface area (Å²) >= 11 is 1.27. The zero-order chi connectivity index (χ0) is 13.7. The molecule has 1 aromatic rings. The van der Waals surface area contributed by atoms with Gasteiger partial charge in [-0.1, -0.05) is 6.08 Å². The Labute approximate surface area is 111 Å². The summed E-state index contributed by atoms with van der Waals surface area (Å²) in [7, 11) is 1.83. The van der Waals surface area contributed by atoms with Gasteiger partial charge in [-0.15, -0.1) is 17.9 Å². The zero-order valence-electron chi connectivity index (χ0n) is 10.6. The second-order valence-electron chi connectivity index (χ2n) is 4.12. The maximum atomic E-state index is 11.0. The summed E-state index contributed by atoms with van der Waals surface area (Å²) in [5.41, 5.74) is 0.0667. The second-order valence-corrected chi connectivity index (χ2v) is 5.19. The van der Waals surface area contributed by atoms with Crippen LogP contribution in [0.3, 0.4) is 0 Å². The van der Waals surface area contributed by atoms with Crippen LogP contribution in [0.5, 0.6) is 0 Å². The molecule has 0 aliphatic rings. The van der Waals surface area contributed by atoms with Gasteiger partial charge in [-0.25, -0.2) is 0 Å². The van der Waals surface area contributed by atoms with E-state index in [1.54, 1.807) is 6.92 Å². The highest BCUT2D eigenvalue weighted by Gasteiger charge is 2.23. The summed E-state index contributed by atoms with van der Waals surface area (Å²) in [6.07, 6.45) is 2.94. The van der Waals surface area contributed by atoms with Crippen LogP contribution in [-0.2, 0) is 0 Å². The minimum absolute atomic E-state index is 0.0667. The van der Waals surface area contributed by atoms with Gasteiger partial charge in [0.05, 0.1) is 11.0 Å². The smallest absolute Gasteiger partial charge is 0.304 e. The van der Waals surface area contributed by atoms with Crippen molar-refractivity contribution in [2.75, 3.05) is 18.5 Å². The molecule has 0 aromatic carbocycles. The monoisotopic (exact) mass is 270 g/mol. The average molecular weight is 270 g/mol. The standard InChI is InChI=1S/C12H18N2O3S/c1-4-5-6-7-13(3)12-10(14(16)17)8-11(18-12)9(2)15/h4,8-9,15H,1,5-7H2,2-3H3. The molecule has 0 aliphatic carbocycles. The largest absolute Gasteiger partial charge is 0.388 e.